The van der Waals surface area contributed by atoms with Gasteiger partial charge in [-0.05, 0) is 98.8 Å². The summed E-state index contributed by atoms with van der Waals surface area (Å²) in [5.41, 5.74) is 3.74. The average Bonchev–Trinajstić information content (AvgIpc) is 3.10. The van der Waals surface area contributed by atoms with E-state index in [1.165, 1.54) is 24.3 Å². The zero-order valence-electron chi connectivity index (χ0n) is 26.5. The van der Waals surface area contributed by atoms with Crippen molar-refractivity contribution in [3.8, 4) is 23.0 Å². The molecule has 0 saturated carbocycles. The molecule has 0 saturated heterocycles. The third-order valence-corrected chi connectivity index (χ3v) is 7.88. The predicted molar refractivity (Wildman–Crippen MR) is 187 cm³/mol. The third-order valence-electron chi connectivity index (χ3n) is 6.84. The third kappa shape index (κ3) is 10.2. The molecule has 0 spiro atoms. The van der Waals surface area contributed by atoms with Gasteiger partial charge in [-0.2, -0.15) is 4.21 Å². The first-order valence-corrected chi connectivity index (χ1v) is 16.4. The lowest BCUT2D eigenvalue weighted by molar-refractivity contribution is -0.252. The van der Waals surface area contributed by atoms with Crippen LogP contribution in [-0.2, 0) is 27.2 Å². The van der Waals surface area contributed by atoms with Crippen LogP contribution in [0.25, 0.3) is 0 Å². The Labute approximate surface area is 293 Å². The minimum absolute atomic E-state index is 0.0879. The monoisotopic (exact) mass is 718 g/mol. The quantitative estimate of drug-likeness (QED) is 0.0335. The lowest BCUT2D eigenvalue weighted by atomic mass is 10.1. The molecule has 0 aromatic heterocycles. The van der Waals surface area contributed by atoms with Crippen LogP contribution in [-0.4, -0.2) is 26.4 Å². The van der Waals surface area contributed by atoms with Crippen molar-refractivity contribution in [1.82, 2.24) is 0 Å². The van der Waals surface area contributed by atoms with E-state index in [1.54, 1.807) is 60.7 Å². The van der Waals surface area contributed by atoms with Crippen molar-refractivity contribution in [2.45, 2.75) is 20.5 Å². The molecule has 0 aliphatic heterocycles. The van der Waals surface area contributed by atoms with Crippen molar-refractivity contribution in [2.75, 3.05) is 10.6 Å². The van der Waals surface area contributed by atoms with Crippen molar-refractivity contribution in [2.24, 2.45) is 0 Å². The molecule has 258 valence electrons. The van der Waals surface area contributed by atoms with Gasteiger partial charge in [0.25, 0.3) is 18.2 Å². The number of hydrogen-bond acceptors (Lipinski definition) is 12. The molecule has 0 aliphatic carbocycles. The van der Waals surface area contributed by atoms with E-state index in [4.69, 9.17) is 27.0 Å². The van der Waals surface area contributed by atoms with E-state index in [1.807, 2.05) is 38.1 Å². The Morgan fingerprint density at radius 2 is 1.32 bits per heavy atom. The van der Waals surface area contributed by atoms with E-state index in [0.717, 1.165) is 11.1 Å². The van der Waals surface area contributed by atoms with E-state index in [0.29, 0.717) is 46.4 Å². The van der Waals surface area contributed by atoms with Gasteiger partial charge in [-0.25, -0.2) is 9.68 Å². The molecule has 1 unspecified atom stereocenters. The smallest absolute Gasteiger partial charge is 0.417 e. The van der Waals surface area contributed by atoms with E-state index in [-0.39, 0.29) is 29.2 Å². The lowest BCUT2D eigenvalue weighted by Crippen LogP contribution is -2.16. The molecule has 0 radical (unpaired) electrons. The second-order valence-electron chi connectivity index (χ2n) is 10.6. The van der Waals surface area contributed by atoms with Gasteiger partial charge in [0.2, 0.25) is 0 Å². The molecule has 0 aliphatic rings. The molecule has 0 bridgehead atoms. The predicted octanol–water partition coefficient (Wildman–Crippen LogP) is 7.98. The maximum atomic E-state index is 13.0. The molecule has 0 heterocycles. The van der Waals surface area contributed by atoms with Crippen molar-refractivity contribution >= 4 is 52.6 Å². The van der Waals surface area contributed by atoms with Crippen molar-refractivity contribution in [3.63, 3.8) is 0 Å². The molecule has 50 heavy (non-hydrogen) atoms. The second-order valence-corrected chi connectivity index (χ2v) is 11.7. The molecule has 5 rings (SSSR count). The Kier molecular flexibility index (Phi) is 12.3. The number of carbonyl (C=O) groups excluding carboxylic acids is 1. The maximum absolute atomic E-state index is 13.0. The normalized spacial score (nSPS) is 11.3. The Morgan fingerprint density at radius 3 is 1.98 bits per heavy atom. The van der Waals surface area contributed by atoms with Crippen LogP contribution in [0.3, 0.4) is 0 Å². The van der Waals surface area contributed by atoms with E-state index in [2.05, 4.69) is 15.5 Å². The highest BCUT2D eigenvalue weighted by molar-refractivity contribution is 7.90. The number of rotatable bonds is 16. The van der Waals surface area contributed by atoms with Gasteiger partial charge >= 0.3 is 17.3 Å². The molecule has 15 heteroatoms. The Morgan fingerprint density at radius 1 is 0.720 bits per heavy atom. The molecule has 5 aromatic carbocycles. The van der Waals surface area contributed by atoms with Gasteiger partial charge in [0.05, 0.1) is 11.1 Å². The topological polar surface area (TPSA) is 171 Å². The van der Waals surface area contributed by atoms with Crippen molar-refractivity contribution in [3.05, 3.63) is 137 Å². The van der Waals surface area contributed by atoms with Crippen LogP contribution in [0.2, 0.25) is 0 Å². The van der Waals surface area contributed by atoms with Gasteiger partial charge < -0.3 is 33.2 Å². The lowest BCUT2D eigenvalue weighted by Gasteiger charge is -2.14. The molecule has 1 atom stereocenters. The minimum atomic E-state index is -2.13. The number of carbonyl (C=O) groups is 2. The van der Waals surface area contributed by atoms with E-state index in [9.17, 15) is 18.9 Å². The largest absolute Gasteiger partial charge is 0.478 e. The molecular formula is C35H30N2O11S2. The van der Waals surface area contributed by atoms with Gasteiger partial charge in [0, 0.05) is 22.6 Å². The number of carboxylic acid groups (broad SMARTS) is 1. The standard InChI is InChI=1S/C35H30N2O11S2/c1-22-3-11-27(12-4-22)44-48-49-45-29-15-17-31(32(20-29)35(39)40)34(38)37-26-9-7-25(8-10-26)36-33-18-16-30(19-24(33)21-43-41)47-50(42)46-28-13-5-23(2)6-14-28/h3-20,36,41H,21H2,1-2H3,(H,37,38)(H,39,40). The summed E-state index contributed by atoms with van der Waals surface area (Å²) < 4.78 is 33.4. The fourth-order valence-corrected chi connectivity index (χ4v) is 5.22. The first-order valence-electron chi connectivity index (χ1n) is 14.7. The number of aryl methyl sites for hydroxylation is 2. The summed E-state index contributed by atoms with van der Waals surface area (Å²) in [6.07, 6.45) is 0. The zero-order valence-corrected chi connectivity index (χ0v) is 28.1. The zero-order chi connectivity index (χ0) is 35.5. The summed E-state index contributed by atoms with van der Waals surface area (Å²) >= 11 is -1.64. The molecule has 1 amide bonds. The summed E-state index contributed by atoms with van der Waals surface area (Å²) in [5.74, 6) is -0.807. The fourth-order valence-electron chi connectivity index (χ4n) is 4.34. The van der Waals surface area contributed by atoms with Crippen molar-refractivity contribution < 1.29 is 50.8 Å². The summed E-state index contributed by atoms with van der Waals surface area (Å²) in [7, 11) is 0. The SMILES string of the molecule is Cc1ccc(OOSOc2ccc(C(=O)Nc3ccc(Nc4ccc(OS(=O)Oc5ccc(C)cc5)cc4COO)cc3)c(C(=O)O)c2)cc1. The van der Waals surface area contributed by atoms with Crippen LogP contribution >= 0.6 is 12.3 Å². The van der Waals surface area contributed by atoms with E-state index < -0.39 is 23.2 Å². The minimum Gasteiger partial charge on any atom is -0.478 e. The van der Waals surface area contributed by atoms with Gasteiger partial charge in [-0.15, -0.1) is 0 Å². The average molecular weight is 719 g/mol. The summed E-state index contributed by atoms with van der Waals surface area (Å²) in [6, 6.07) is 29.4. The highest BCUT2D eigenvalue weighted by Crippen LogP contribution is 2.29. The number of benzene rings is 5. The summed E-state index contributed by atoms with van der Waals surface area (Å²) in [5, 5.41) is 24.7. The number of amides is 1. The van der Waals surface area contributed by atoms with Crippen LogP contribution in [0.1, 0.15) is 37.4 Å². The molecule has 4 N–H and O–H groups in total. The van der Waals surface area contributed by atoms with E-state index >= 15 is 0 Å². The van der Waals surface area contributed by atoms with Crippen LogP contribution in [0.4, 0.5) is 17.1 Å². The summed E-state index contributed by atoms with van der Waals surface area (Å²) in [4.78, 5) is 34.5. The molecule has 5 aromatic rings. The van der Waals surface area contributed by atoms with Gasteiger partial charge in [-0.1, -0.05) is 39.7 Å². The number of aromatic carboxylic acids is 1. The Balaban J connectivity index is 1.17. The number of anilines is 3. The van der Waals surface area contributed by atoms with Gasteiger partial charge in [0.15, 0.2) is 5.75 Å². The summed E-state index contributed by atoms with van der Waals surface area (Å²) in [6.45, 7) is 3.65. The van der Waals surface area contributed by atoms with Crippen LogP contribution in [0.15, 0.2) is 109 Å². The van der Waals surface area contributed by atoms with Gasteiger partial charge in [0.1, 0.15) is 23.9 Å². The van der Waals surface area contributed by atoms with Crippen LogP contribution in [0, 0.1) is 13.8 Å². The maximum Gasteiger partial charge on any atom is 0.417 e. The first kappa shape index (κ1) is 35.7. The first-order chi connectivity index (χ1) is 24.2. The second kappa shape index (κ2) is 17.2. The number of nitrogens with one attached hydrogen (secondary N) is 2. The molecule has 0 fully saturated rings. The highest BCUT2D eigenvalue weighted by atomic mass is 32.2. The number of hydrogen-bond donors (Lipinski definition) is 4. The molecular weight excluding hydrogens is 689 g/mol. The highest BCUT2D eigenvalue weighted by Gasteiger charge is 2.19. The van der Waals surface area contributed by atoms with Crippen LogP contribution < -0.4 is 28.1 Å². The Hall–Kier alpha value is -5.58. The van der Waals surface area contributed by atoms with Crippen molar-refractivity contribution in [1.29, 1.82) is 0 Å². The fraction of sp³-hybridized carbons (Fsp3) is 0.0857. The molecule has 13 nitrogen and oxygen atoms in total. The van der Waals surface area contributed by atoms with Gasteiger partial charge in [-0.3, -0.25) is 10.1 Å². The van der Waals surface area contributed by atoms with Crippen LogP contribution in [0.5, 0.6) is 23.0 Å². The number of carboxylic acids is 1. The Bertz CT molecular complexity index is 1960.